The SMILES string of the molecule is CCN(CC)CCN(C(=O)c1cc2c(ccc3ccccc32)oc1=O)c1nc2ccc(OC)cc2s1.Cl. The summed E-state index contributed by atoms with van der Waals surface area (Å²) in [6.07, 6.45) is 0. The number of likely N-dealkylation sites (N-methyl/N-ethyl adjacent to an activating group) is 1. The largest absolute Gasteiger partial charge is 0.497 e. The molecule has 5 aromatic rings. The molecule has 192 valence electrons. The molecule has 0 atom stereocenters. The lowest BCUT2D eigenvalue weighted by atomic mass is 10.0. The quantitative estimate of drug-likeness (QED) is 0.179. The van der Waals surface area contributed by atoms with E-state index in [1.807, 2.05) is 48.5 Å². The smallest absolute Gasteiger partial charge is 0.349 e. The van der Waals surface area contributed by atoms with Crippen molar-refractivity contribution in [2.24, 2.45) is 0 Å². The number of fused-ring (bicyclic) bond motifs is 4. The van der Waals surface area contributed by atoms with Gasteiger partial charge in [-0.05, 0) is 54.2 Å². The number of carbonyl (C=O) groups excluding carboxylic acids is 1. The standard InChI is InChI=1S/C28H27N3O4S.ClH/c1-4-30(5-2)14-15-31(28-29-23-12-11-19(34-3)16-25(23)36-28)26(32)22-17-21-20-9-7-6-8-18(20)10-13-24(21)35-27(22)33;/h6-13,16-17H,4-5,14-15H2,1-3H3;1H. The summed E-state index contributed by atoms with van der Waals surface area (Å²) in [4.78, 5) is 35.5. The van der Waals surface area contributed by atoms with Crippen molar-refractivity contribution in [2.45, 2.75) is 13.8 Å². The van der Waals surface area contributed by atoms with E-state index in [1.165, 1.54) is 11.3 Å². The Hall–Kier alpha value is -3.46. The summed E-state index contributed by atoms with van der Waals surface area (Å²) in [6, 6.07) is 18.8. The number of nitrogens with zero attached hydrogens (tertiary/aromatic N) is 3. The molecule has 9 heteroatoms. The second kappa shape index (κ2) is 11.3. The number of benzene rings is 3. The zero-order valence-electron chi connectivity index (χ0n) is 20.9. The first-order chi connectivity index (χ1) is 17.5. The summed E-state index contributed by atoms with van der Waals surface area (Å²) < 4.78 is 11.9. The number of anilines is 1. The van der Waals surface area contributed by atoms with E-state index >= 15 is 0 Å². The molecule has 0 saturated carbocycles. The molecule has 0 spiro atoms. The number of hydrogen-bond donors (Lipinski definition) is 0. The second-order valence-corrected chi connectivity index (χ2v) is 9.47. The van der Waals surface area contributed by atoms with Crippen LogP contribution in [0.25, 0.3) is 32.0 Å². The van der Waals surface area contributed by atoms with Gasteiger partial charge in [0, 0.05) is 18.5 Å². The Labute approximate surface area is 224 Å². The van der Waals surface area contributed by atoms with Gasteiger partial charge in [-0.15, -0.1) is 12.4 Å². The van der Waals surface area contributed by atoms with Crippen LogP contribution in [0.4, 0.5) is 5.13 Å². The van der Waals surface area contributed by atoms with Crippen molar-refractivity contribution in [1.29, 1.82) is 0 Å². The molecule has 5 rings (SSSR count). The number of ether oxygens (including phenoxy) is 1. The molecular weight excluding hydrogens is 510 g/mol. The van der Waals surface area contributed by atoms with Crippen molar-refractivity contribution < 1.29 is 13.9 Å². The summed E-state index contributed by atoms with van der Waals surface area (Å²) in [5.41, 5.74) is 0.568. The number of rotatable bonds is 8. The van der Waals surface area contributed by atoms with E-state index in [0.29, 0.717) is 23.8 Å². The van der Waals surface area contributed by atoms with Crippen LogP contribution in [0, 0.1) is 0 Å². The molecule has 0 saturated heterocycles. The molecule has 37 heavy (non-hydrogen) atoms. The molecule has 0 aliphatic rings. The first kappa shape index (κ1) is 26.6. The highest BCUT2D eigenvalue weighted by molar-refractivity contribution is 7.22. The van der Waals surface area contributed by atoms with Crippen molar-refractivity contribution in [2.75, 3.05) is 38.2 Å². The fourth-order valence-corrected chi connectivity index (χ4v) is 5.38. The van der Waals surface area contributed by atoms with Crippen molar-refractivity contribution in [3.05, 3.63) is 76.6 Å². The fraction of sp³-hybridized carbons (Fsp3) is 0.250. The second-order valence-electron chi connectivity index (χ2n) is 8.46. The normalized spacial score (nSPS) is 11.2. The van der Waals surface area contributed by atoms with Gasteiger partial charge >= 0.3 is 5.63 Å². The summed E-state index contributed by atoms with van der Waals surface area (Å²) in [7, 11) is 1.62. The Kier molecular flexibility index (Phi) is 8.12. The van der Waals surface area contributed by atoms with E-state index in [-0.39, 0.29) is 18.0 Å². The maximum Gasteiger partial charge on any atom is 0.349 e. The molecule has 7 nitrogen and oxygen atoms in total. The molecule has 1 amide bonds. The average Bonchev–Trinajstić information content (AvgIpc) is 3.33. The Morgan fingerprint density at radius 1 is 1.00 bits per heavy atom. The maximum absolute atomic E-state index is 13.9. The van der Waals surface area contributed by atoms with Crippen LogP contribution in [0.2, 0.25) is 0 Å². The fourth-order valence-electron chi connectivity index (χ4n) is 4.37. The summed E-state index contributed by atoms with van der Waals surface area (Å²) in [6.45, 7) is 6.94. The zero-order valence-corrected chi connectivity index (χ0v) is 22.5. The highest BCUT2D eigenvalue weighted by Crippen LogP contribution is 2.32. The first-order valence-electron chi connectivity index (χ1n) is 12.0. The van der Waals surface area contributed by atoms with E-state index in [0.717, 1.165) is 45.2 Å². The van der Waals surface area contributed by atoms with Gasteiger partial charge in [0.25, 0.3) is 5.91 Å². The van der Waals surface area contributed by atoms with Gasteiger partial charge in [-0.3, -0.25) is 9.69 Å². The molecule has 0 N–H and O–H groups in total. The molecule has 2 heterocycles. The van der Waals surface area contributed by atoms with Crippen LogP contribution in [0.5, 0.6) is 5.75 Å². The van der Waals surface area contributed by atoms with Crippen molar-refractivity contribution in [3.63, 3.8) is 0 Å². The van der Waals surface area contributed by atoms with Crippen LogP contribution < -0.4 is 15.3 Å². The summed E-state index contributed by atoms with van der Waals surface area (Å²) in [5, 5.41) is 3.20. The molecule has 0 radical (unpaired) electrons. The van der Waals surface area contributed by atoms with Gasteiger partial charge in [0.15, 0.2) is 5.13 Å². The van der Waals surface area contributed by atoms with Crippen LogP contribution >= 0.6 is 23.7 Å². The van der Waals surface area contributed by atoms with Gasteiger partial charge in [0.2, 0.25) is 0 Å². The van der Waals surface area contributed by atoms with E-state index in [4.69, 9.17) is 14.1 Å². The molecule has 0 unspecified atom stereocenters. The van der Waals surface area contributed by atoms with Gasteiger partial charge in [-0.2, -0.15) is 0 Å². The zero-order chi connectivity index (χ0) is 25.2. The number of thiazole rings is 1. The van der Waals surface area contributed by atoms with Crippen molar-refractivity contribution in [3.8, 4) is 5.75 Å². The Morgan fingerprint density at radius 3 is 2.54 bits per heavy atom. The van der Waals surface area contributed by atoms with Crippen LogP contribution in [0.1, 0.15) is 24.2 Å². The highest BCUT2D eigenvalue weighted by atomic mass is 35.5. The minimum Gasteiger partial charge on any atom is -0.497 e. The Morgan fingerprint density at radius 2 is 1.78 bits per heavy atom. The van der Waals surface area contributed by atoms with E-state index in [1.54, 1.807) is 24.1 Å². The van der Waals surface area contributed by atoms with Crippen LogP contribution in [-0.2, 0) is 0 Å². The lowest BCUT2D eigenvalue weighted by Gasteiger charge is -2.24. The van der Waals surface area contributed by atoms with Crippen molar-refractivity contribution in [1.82, 2.24) is 9.88 Å². The summed E-state index contributed by atoms with van der Waals surface area (Å²) in [5.74, 6) is 0.303. The third-order valence-corrected chi connectivity index (χ3v) is 7.51. The number of halogens is 1. The molecule has 0 aliphatic carbocycles. The highest BCUT2D eigenvalue weighted by Gasteiger charge is 2.25. The predicted octanol–water partition coefficient (Wildman–Crippen LogP) is 5.97. The molecule has 0 bridgehead atoms. The van der Waals surface area contributed by atoms with Crippen LogP contribution in [0.3, 0.4) is 0 Å². The van der Waals surface area contributed by atoms with E-state index in [9.17, 15) is 9.59 Å². The van der Waals surface area contributed by atoms with E-state index in [2.05, 4.69) is 18.7 Å². The van der Waals surface area contributed by atoms with Crippen molar-refractivity contribution >= 4 is 66.7 Å². The third-order valence-electron chi connectivity index (χ3n) is 6.47. The molecule has 2 aromatic heterocycles. The number of amides is 1. The first-order valence-corrected chi connectivity index (χ1v) is 12.8. The number of aromatic nitrogens is 1. The van der Waals surface area contributed by atoms with Gasteiger partial charge in [-0.25, -0.2) is 9.78 Å². The number of carbonyl (C=O) groups is 1. The molecule has 0 fully saturated rings. The number of hydrogen-bond acceptors (Lipinski definition) is 7. The Balaban J connectivity index is 0.00000320. The predicted molar refractivity (Wildman–Crippen MR) is 153 cm³/mol. The minimum absolute atomic E-state index is 0. The monoisotopic (exact) mass is 537 g/mol. The molecule has 3 aromatic carbocycles. The van der Waals surface area contributed by atoms with E-state index < -0.39 is 11.5 Å². The topological polar surface area (TPSA) is 75.9 Å². The van der Waals surface area contributed by atoms with Crippen LogP contribution in [0.15, 0.2) is 69.9 Å². The molecular formula is C28H28ClN3O4S. The van der Waals surface area contributed by atoms with Gasteiger partial charge < -0.3 is 14.1 Å². The van der Waals surface area contributed by atoms with Gasteiger partial charge in [-0.1, -0.05) is 55.5 Å². The summed E-state index contributed by atoms with van der Waals surface area (Å²) >= 11 is 1.40. The number of methoxy groups -OCH3 is 1. The lowest BCUT2D eigenvalue weighted by molar-refractivity contribution is 0.0980. The van der Waals surface area contributed by atoms with Crippen LogP contribution in [-0.4, -0.2) is 49.1 Å². The third kappa shape index (κ3) is 5.18. The average molecular weight is 538 g/mol. The van der Waals surface area contributed by atoms with Gasteiger partial charge in [0.05, 0.1) is 17.3 Å². The lowest BCUT2D eigenvalue weighted by Crippen LogP contribution is -2.40. The minimum atomic E-state index is -0.654. The Bertz CT molecular complexity index is 1630. The van der Waals surface area contributed by atoms with Gasteiger partial charge in [0.1, 0.15) is 16.9 Å². The molecule has 0 aliphatic heterocycles. The maximum atomic E-state index is 13.9.